The third-order valence-electron chi connectivity index (χ3n) is 4.65. The zero-order valence-electron chi connectivity index (χ0n) is 15.5. The van der Waals surface area contributed by atoms with Crippen molar-refractivity contribution in [3.05, 3.63) is 47.9 Å². The smallest absolute Gasteiger partial charge is 0.257 e. The van der Waals surface area contributed by atoms with Gasteiger partial charge in [0.25, 0.3) is 5.91 Å². The van der Waals surface area contributed by atoms with Gasteiger partial charge in [-0.1, -0.05) is 30.3 Å². The second-order valence-electron chi connectivity index (χ2n) is 6.38. The van der Waals surface area contributed by atoms with Crippen LogP contribution < -0.4 is 0 Å². The molecule has 1 amide bonds. The SMILES string of the molecule is CCN(CCN1CCOCC1)C(=O)c1cnc(C)nc1-c1ccccc1. The second-order valence-corrected chi connectivity index (χ2v) is 6.38. The van der Waals surface area contributed by atoms with Crippen LogP contribution in [-0.2, 0) is 4.74 Å². The average Bonchev–Trinajstić information content (AvgIpc) is 2.69. The third-order valence-corrected chi connectivity index (χ3v) is 4.65. The van der Waals surface area contributed by atoms with Crippen LogP contribution in [0.15, 0.2) is 36.5 Å². The topological polar surface area (TPSA) is 58.6 Å². The number of nitrogens with zero attached hydrogens (tertiary/aromatic N) is 4. The van der Waals surface area contributed by atoms with E-state index in [1.54, 1.807) is 6.20 Å². The summed E-state index contributed by atoms with van der Waals surface area (Å²) in [6.07, 6.45) is 1.66. The highest BCUT2D eigenvalue weighted by molar-refractivity contribution is 5.99. The number of rotatable bonds is 6. The fourth-order valence-corrected chi connectivity index (χ4v) is 3.10. The first-order valence-electron chi connectivity index (χ1n) is 9.17. The normalized spacial score (nSPS) is 15.0. The number of hydrogen-bond donors (Lipinski definition) is 0. The molecule has 0 bridgehead atoms. The summed E-state index contributed by atoms with van der Waals surface area (Å²) in [5, 5.41) is 0. The quantitative estimate of drug-likeness (QED) is 0.796. The van der Waals surface area contributed by atoms with Crippen LogP contribution in [0, 0.1) is 6.92 Å². The molecule has 2 aromatic rings. The summed E-state index contributed by atoms with van der Waals surface area (Å²) in [6.45, 7) is 9.45. The number of amides is 1. The molecule has 1 aliphatic heterocycles. The summed E-state index contributed by atoms with van der Waals surface area (Å²) >= 11 is 0. The Kier molecular flexibility index (Phi) is 6.30. The van der Waals surface area contributed by atoms with Crippen LogP contribution in [0.2, 0.25) is 0 Å². The van der Waals surface area contributed by atoms with Crippen LogP contribution >= 0.6 is 0 Å². The summed E-state index contributed by atoms with van der Waals surface area (Å²) in [5.41, 5.74) is 2.20. The highest BCUT2D eigenvalue weighted by Gasteiger charge is 2.21. The molecule has 1 aliphatic rings. The number of carbonyl (C=O) groups is 1. The van der Waals surface area contributed by atoms with Gasteiger partial charge >= 0.3 is 0 Å². The van der Waals surface area contributed by atoms with Crippen molar-refractivity contribution in [1.82, 2.24) is 19.8 Å². The van der Waals surface area contributed by atoms with Crippen LogP contribution in [-0.4, -0.2) is 71.6 Å². The predicted molar refractivity (Wildman–Crippen MR) is 101 cm³/mol. The minimum Gasteiger partial charge on any atom is -0.379 e. The van der Waals surface area contributed by atoms with Gasteiger partial charge in [-0.3, -0.25) is 9.69 Å². The van der Waals surface area contributed by atoms with Crippen molar-refractivity contribution in [3.63, 3.8) is 0 Å². The lowest BCUT2D eigenvalue weighted by Crippen LogP contribution is -2.43. The van der Waals surface area contributed by atoms with E-state index in [-0.39, 0.29) is 5.91 Å². The molecule has 0 radical (unpaired) electrons. The van der Waals surface area contributed by atoms with Gasteiger partial charge in [0.2, 0.25) is 0 Å². The molecule has 0 aliphatic carbocycles. The highest BCUT2D eigenvalue weighted by atomic mass is 16.5. The highest BCUT2D eigenvalue weighted by Crippen LogP contribution is 2.22. The van der Waals surface area contributed by atoms with E-state index in [9.17, 15) is 4.79 Å². The Balaban J connectivity index is 1.79. The first kappa shape index (κ1) is 18.5. The number of aromatic nitrogens is 2. The molecule has 0 saturated carbocycles. The number of ether oxygens (including phenoxy) is 1. The summed E-state index contributed by atoms with van der Waals surface area (Å²) in [7, 11) is 0. The van der Waals surface area contributed by atoms with Crippen molar-refractivity contribution in [2.24, 2.45) is 0 Å². The van der Waals surface area contributed by atoms with Crippen LogP contribution in [0.4, 0.5) is 0 Å². The second kappa shape index (κ2) is 8.87. The number of carbonyl (C=O) groups excluding carboxylic acids is 1. The summed E-state index contributed by atoms with van der Waals surface area (Å²) < 4.78 is 5.39. The van der Waals surface area contributed by atoms with Crippen molar-refractivity contribution >= 4 is 5.91 Å². The maximum absolute atomic E-state index is 13.2. The molecule has 6 nitrogen and oxygen atoms in total. The minimum absolute atomic E-state index is 0.0142. The molecule has 1 aromatic heterocycles. The van der Waals surface area contributed by atoms with E-state index in [0.717, 1.165) is 38.4 Å². The van der Waals surface area contributed by atoms with Gasteiger partial charge in [-0.25, -0.2) is 9.97 Å². The Morgan fingerprint density at radius 1 is 1.23 bits per heavy atom. The van der Waals surface area contributed by atoms with Crippen molar-refractivity contribution in [3.8, 4) is 11.3 Å². The van der Waals surface area contributed by atoms with Crippen molar-refractivity contribution in [2.75, 3.05) is 45.9 Å². The monoisotopic (exact) mass is 354 g/mol. The van der Waals surface area contributed by atoms with Gasteiger partial charge in [-0.2, -0.15) is 0 Å². The molecule has 3 rings (SSSR count). The molecular formula is C20H26N4O2. The van der Waals surface area contributed by atoms with Gasteiger partial charge in [0, 0.05) is 44.5 Å². The van der Waals surface area contributed by atoms with E-state index in [2.05, 4.69) is 14.9 Å². The minimum atomic E-state index is -0.0142. The molecule has 6 heteroatoms. The Bertz CT molecular complexity index is 730. The molecule has 26 heavy (non-hydrogen) atoms. The molecule has 0 spiro atoms. The van der Waals surface area contributed by atoms with Crippen molar-refractivity contribution < 1.29 is 9.53 Å². The Morgan fingerprint density at radius 2 is 1.96 bits per heavy atom. The molecule has 0 N–H and O–H groups in total. The Labute approximate surface area is 154 Å². The van der Waals surface area contributed by atoms with Crippen LogP contribution in [0.1, 0.15) is 23.1 Å². The number of morpholine rings is 1. The lowest BCUT2D eigenvalue weighted by atomic mass is 10.1. The Morgan fingerprint density at radius 3 is 2.65 bits per heavy atom. The lowest BCUT2D eigenvalue weighted by Gasteiger charge is -2.29. The molecule has 1 saturated heterocycles. The molecule has 1 fully saturated rings. The maximum Gasteiger partial charge on any atom is 0.257 e. The fourth-order valence-electron chi connectivity index (χ4n) is 3.10. The summed E-state index contributed by atoms with van der Waals surface area (Å²) in [5.74, 6) is 0.649. The van der Waals surface area contributed by atoms with E-state index in [1.165, 1.54) is 0 Å². The summed E-state index contributed by atoms with van der Waals surface area (Å²) in [4.78, 5) is 26.2. The molecular weight excluding hydrogens is 328 g/mol. The molecule has 138 valence electrons. The molecule has 2 heterocycles. The largest absolute Gasteiger partial charge is 0.379 e. The maximum atomic E-state index is 13.2. The average molecular weight is 354 g/mol. The van der Waals surface area contributed by atoms with E-state index < -0.39 is 0 Å². The number of benzene rings is 1. The van der Waals surface area contributed by atoms with Crippen molar-refractivity contribution in [2.45, 2.75) is 13.8 Å². The van der Waals surface area contributed by atoms with Gasteiger partial charge in [-0.05, 0) is 13.8 Å². The first-order chi connectivity index (χ1) is 12.7. The van der Waals surface area contributed by atoms with Gasteiger partial charge in [0.15, 0.2) is 0 Å². The van der Waals surface area contributed by atoms with Gasteiger partial charge in [0.05, 0.1) is 24.5 Å². The zero-order chi connectivity index (χ0) is 18.4. The summed E-state index contributed by atoms with van der Waals surface area (Å²) in [6, 6.07) is 9.82. The first-order valence-corrected chi connectivity index (χ1v) is 9.17. The number of aryl methyl sites for hydroxylation is 1. The van der Waals surface area contributed by atoms with Crippen molar-refractivity contribution in [1.29, 1.82) is 0 Å². The van der Waals surface area contributed by atoms with Crippen LogP contribution in [0.3, 0.4) is 0 Å². The van der Waals surface area contributed by atoms with Crippen LogP contribution in [0.25, 0.3) is 11.3 Å². The van der Waals surface area contributed by atoms with Gasteiger partial charge in [-0.15, -0.1) is 0 Å². The molecule has 0 unspecified atom stereocenters. The van der Waals surface area contributed by atoms with Gasteiger partial charge in [0.1, 0.15) is 5.82 Å². The Hall–Kier alpha value is -2.31. The van der Waals surface area contributed by atoms with E-state index in [4.69, 9.17) is 4.74 Å². The van der Waals surface area contributed by atoms with E-state index >= 15 is 0 Å². The predicted octanol–water partition coefficient (Wildman–Crippen LogP) is 2.25. The van der Waals surface area contributed by atoms with Gasteiger partial charge < -0.3 is 9.64 Å². The van der Waals surface area contributed by atoms with Crippen LogP contribution in [0.5, 0.6) is 0 Å². The molecule has 0 atom stereocenters. The van der Waals surface area contributed by atoms with E-state index in [0.29, 0.717) is 30.2 Å². The lowest BCUT2D eigenvalue weighted by molar-refractivity contribution is 0.0328. The fraction of sp³-hybridized carbons (Fsp3) is 0.450. The van der Waals surface area contributed by atoms with E-state index in [1.807, 2.05) is 49.1 Å². The number of hydrogen-bond acceptors (Lipinski definition) is 5. The standard InChI is InChI=1S/C20H26N4O2/c1-3-24(10-9-23-11-13-26-14-12-23)20(25)18-15-21-16(2)22-19(18)17-7-5-4-6-8-17/h4-8,15H,3,9-14H2,1-2H3. The third kappa shape index (κ3) is 4.45. The molecule has 1 aromatic carbocycles. The number of likely N-dealkylation sites (N-methyl/N-ethyl adjacent to an activating group) is 1. The zero-order valence-corrected chi connectivity index (χ0v) is 15.5.